The van der Waals surface area contributed by atoms with Crippen LogP contribution in [0.3, 0.4) is 0 Å². The summed E-state index contributed by atoms with van der Waals surface area (Å²) in [5, 5.41) is 0. The zero-order chi connectivity index (χ0) is 41.9. The van der Waals surface area contributed by atoms with Gasteiger partial charge in [0.15, 0.2) is 6.10 Å². The molecule has 0 aliphatic carbocycles. The second-order valence-electron chi connectivity index (χ2n) is 18.4. The third-order valence-electron chi connectivity index (χ3n) is 11.5. The van der Waals surface area contributed by atoms with E-state index in [0.29, 0.717) is 19.3 Å². The lowest BCUT2D eigenvalue weighted by molar-refractivity contribution is -0.167. The van der Waals surface area contributed by atoms with E-state index in [9.17, 15) is 14.4 Å². The molecular weight excluding hydrogens is 709 g/mol. The van der Waals surface area contributed by atoms with Crippen molar-refractivity contribution in [3.8, 4) is 0 Å². The van der Waals surface area contributed by atoms with E-state index in [1.807, 2.05) is 0 Å². The zero-order valence-electron chi connectivity index (χ0n) is 39.0. The summed E-state index contributed by atoms with van der Waals surface area (Å²) in [6, 6.07) is 0. The fraction of sp³-hybridized carbons (Fsp3) is 0.941. The van der Waals surface area contributed by atoms with Crippen molar-refractivity contribution in [3.63, 3.8) is 0 Å². The highest BCUT2D eigenvalue weighted by molar-refractivity contribution is 5.71. The molecule has 0 fully saturated rings. The molecule has 0 saturated heterocycles. The summed E-state index contributed by atoms with van der Waals surface area (Å²) in [6.45, 7) is 11.3. The van der Waals surface area contributed by atoms with E-state index in [0.717, 1.165) is 69.6 Å². The normalized spacial score (nSPS) is 12.1. The molecule has 0 bridgehead atoms. The predicted molar refractivity (Wildman–Crippen MR) is 243 cm³/mol. The number of ether oxygens (including phenoxy) is 3. The Bertz CT molecular complexity index is 870. The molecule has 0 N–H and O–H groups in total. The van der Waals surface area contributed by atoms with Gasteiger partial charge in [-0.2, -0.15) is 0 Å². The van der Waals surface area contributed by atoms with Crippen molar-refractivity contribution < 1.29 is 28.6 Å². The van der Waals surface area contributed by atoms with Crippen molar-refractivity contribution >= 4 is 17.9 Å². The molecule has 0 amide bonds. The van der Waals surface area contributed by atoms with Crippen molar-refractivity contribution in [2.75, 3.05) is 13.2 Å². The Morgan fingerprint density at radius 3 is 0.860 bits per heavy atom. The van der Waals surface area contributed by atoms with Crippen LogP contribution in [0.1, 0.15) is 279 Å². The maximum Gasteiger partial charge on any atom is 0.306 e. The van der Waals surface area contributed by atoms with E-state index >= 15 is 0 Å². The van der Waals surface area contributed by atoms with Crippen molar-refractivity contribution in [1.82, 2.24) is 0 Å². The van der Waals surface area contributed by atoms with Crippen LogP contribution in [0.5, 0.6) is 0 Å². The number of rotatable bonds is 45. The summed E-state index contributed by atoms with van der Waals surface area (Å²) in [7, 11) is 0. The molecule has 0 aliphatic heterocycles. The Morgan fingerprint density at radius 2 is 0.579 bits per heavy atom. The Morgan fingerprint density at radius 1 is 0.333 bits per heavy atom. The second-order valence-corrected chi connectivity index (χ2v) is 18.4. The number of esters is 3. The van der Waals surface area contributed by atoms with Gasteiger partial charge in [-0.25, -0.2) is 0 Å². The van der Waals surface area contributed by atoms with Gasteiger partial charge in [0.25, 0.3) is 0 Å². The van der Waals surface area contributed by atoms with Gasteiger partial charge in [-0.15, -0.1) is 0 Å². The van der Waals surface area contributed by atoms with Crippen LogP contribution in [-0.4, -0.2) is 37.2 Å². The Balaban J connectivity index is 4.28. The Labute approximate surface area is 355 Å². The molecule has 6 heteroatoms. The molecule has 0 radical (unpaired) electrons. The lowest BCUT2D eigenvalue weighted by Crippen LogP contribution is -2.30. The van der Waals surface area contributed by atoms with Gasteiger partial charge in [-0.05, 0) is 31.1 Å². The van der Waals surface area contributed by atoms with Gasteiger partial charge < -0.3 is 14.2 Å². The van der Waals surface area contributed by atoms with E-state index < -0.39 is 6.10 Å². The van der Waals surface area contributed by atoms with Crippen LogP contribution in [0.4, 0.5) is 0 Å². The quantitative estimate of drug-likeness (QED) is 0.0346. The first-order valence-electron chi connectivity index (χ1n) is 25.2. The molecule has 0 aliphatic rings. The summed E-state index contributed by atoms with van der Waals surface area (Å²) < 4.78 is 16.8. The molecule has 0 aromatic heterocycles. The summed E-state index contributed by atoms with van der Waals surface area (Å²) in [4.78, 5) is 37.8. The van der Waals surface area contributed by atoms with Gasteiger partial charge in [-0.3, -0.25) is 14.4 Å². The fourth-order valence-corrected chi connectivity index (χ4v) is 7.64. The SMILES string of the molecule is CCCCCCCCCCCCCCCCCC(=O)OC[C@@H](COC(=O)CCCCCCCCC(C)C)OC(=O)CCCCCCCCCCCCCCC(C)C. The van der Waals surface area contributed by atoms with Gasteiger partial charge in [0.1, 0.15) is 13.2 Å². The molecule has 0 spiro atoms. The monoisotopic (exact) mass is 807 g/mol. The van der Waals surface area contributed by atoms with E-state index in [1.54, 1.807) is 0 Å². The lowest BCUT2D eigenvalue weighted by Gasteiger charge is -2.18. The van der Waals surface area contributed by atoms with Gasteiger partial charge in [0, 0.05) is 19.3 Å². The maximum absolute atomic E-state index is 12.8. The third kappa shape index (κ3) is 45.3. The number of unbranched alkanes of at least 4 members (excludes halogenated alkanes) is 30. The van der Waals surface area contributed by atoms with Crippen LogP contribution in [0, 0.1) is 11.8 Å². The van der Waals surface area contributed by atoms with Crippen LogP contribution < -0.4 is 0 Å². The van der Waals surface area contributed by atoms with Gasteiger partial charge >= 0.3 is 17.9 Å². The summed E-state index contributed by atoms with van der Waals surface area (Å²) in [5.41, 5.74) is 0. The molecule has 0 aromatic rings. The highest BCUT2D eigenvalue weighted by Gasteiger charge is 2.19. The molecule has 338 valence electrons. The number of carbonyl (C=O) groups is 3. The zero-order valence-corrected chi connectivity index (χ0v) is 39.0. The molecule has 0 heterocycles. The van der Waals surface area contributed by atoms with Crippen LogP contribution in [0.2, 0.25) is 0 Å². The molecule has 0 saturated carbocycles. The van der Waals surface area contributed by atoms with Crippen molar-refractivity contribution in [1.29, 1.82) is 0 Å². The molecule has 6 nitrogen and oxygen atoms in total. The number of hydrogen-bond donors (Lipinski definition) is 0. The average Bonchev–Trinajstić information content (AvgIpc) is 3.18. The maximum atomic E-state index is 12.8. The third-order valence-corrected chi connectivity index (χ3v) is 11.5. The van der Waals surface area contributed by atoms with Gasteiger partial charge in [-0.1, -0.05) is 240 Å². The Kier molecular flexibility index (Phi) is 42.7. The van der Waals surface area contributed by atoms with E-state index in [4.69, 9.17) is 14.2 Å². The predicted octanol–water partition coefficient (Wildman–Crippen LogP) is 16.1. The molecule has 1 atom stereocenters. The van der Waals surface area contributed by atoms with Gasteiger partial charge in [0.2, 0.25) is 0 Å². The smallest absolute Gasteiger partial charge is 0.306 e. The van der Waals surface area contributed by atoms with E-state index in [-0.39, 0.29) is 31.1 Å². The minimum Gasteiger partial charge on any atom is -0.462 e. The summed E-state index contributed by atoms with van der Waals surface area (Å²) in [6.07, 6.45) is 43.9. The van der Waals surface area contributed by atoms with E-state index in [1.165, 1.54) is 167 Å². The average molecular weight is 807 g/mol. The van der Waals surface area contributed by atoms with Crippen LogP contribution in [0.15, 0.2) is 0 Å². The first-order valence-corrected chi connectivity index (χ1v) is 25.2. The number of carbonyl (C=O) groups excluding carboxylic acids is 3. The molecule has 0 aromatic carbocycles. The Hall–Kier alpha value is -1.59. The highest BCUT2D eigenvalue weighted by Crippen LogP contribution is 2.17. The molecule has 0 rings (SSSR count). The molecular formula is C51H98O6. The van der Waals surface area contributed by atoms with E-state index in [2.05, 4.69) is 34.6 Å². The second kappa shape index (κ2) is 44.0. The fourth-order valence-electron chi connectivity index (χ4n) is 7.64. The first-order chi connectivity index (χ1) is 27.7. The largest absolute Gasteiger partial charge is 0.462 e. The summed E-state index contributed by atoms with van der Waals surface area (Å²) in [5.74, 6) is 0.741. The molecule has 57 heavy (non-hydrogen) atoms. The first kappa shape index (κ1) is 55.4. The van der Waals surface area contributed by atoms with Gasteiger partial charge in [0.05, 0.1) is 0 Å². The van der Waals surface area contributed by atoms with Crippen molar-refractivity contribution in [2.24, 2.45) is 11.8 Å². The van der Waals surface area contributed by atoms with Crippen LogP contribution in [0.25, 0.3) is 0 Å². The minimum absolute atomic E-state index is 0.0646. The minimum atomic E-state index is -0.761. The van der Waals surface area contributed by atoms with Crippen molar-refractivity contribution in [3.05, 3.63) is 0 Å². The lowest BCUT2D eigenvalue weighted by atomic mass is 10.0. The topological polar surface area (TPSA) is 78.9 Å². The van der Waals surface area contributed by atoms with Crippen molar-refractivity contribution in [2.45, 2.75) is 285 Å². The number of hydrogen-bond acceptors (Lipinski definition) is 6. The highest BCUT2D eigenvalue weighted by atomic mass is 16.6. The standard InChI is InChI=1S/C51H98O6/c1-6-7-8-9-10-11-12-13-14-15-19-22-25-31-36-41-49(52)55-44-48(45-56-50(53)42-37-32-28-27-30-35-40-47(4)5)57-51(54)43-38-33-26-23-20-17-16-18-21-24-29-34-39-46(2)3/h46-48H,6-45H2,1-5H3/t48-/m0/s1. The summed E-state index contributed by atoms with van der Waals surface area (Å²) >= 11 is 0. The molecule has 0 unspecified atom stereocenters. The van der Waals surface area contributed by atoms with Crippen LogP contribution >= 0.6 is 0 Å². The van der Waals surface area contributed by atoms with Crippen LogP contribution in [-0.2, 0) is 28.6 Å².